The Morgan fingerprint density at radius 2 is 2.37 bits per heavy atom. The summed E-state index contributed by atoms with van der Waals surface area (Å²) in [6.07, 6.45) is 1.15. The van der Waals surface area contributed by atoms with Gasteiger partial charge in [-0.15, -0.1) is 11.3 Å². The molecule has 0 aliphatic carbocycles. The molecule has 1 fully saturated rings. The van der Waals surface area contributed by atoms with Crippen molar-refractivity contribution in [2.45, 2.75) is 32.4 Å². The molecule has 2 heterocycles. The molecule has 1 aliphatic rings. The number of likely N-dealkylation sites (N-methyl/N-ethyl adjacent to an activating group) is 2. The molecular formula is C15H26N2OS. The molecule has 0 bridgehead atoms. The lowest BCUT2D eigenvalue weighted by molar-refractivity contribution is 0.163. The molecule has 3 nitrogen and oxygen atoms in total. The van der Waals surface area contributed by atoms with E-state index in [0.717, 1.165) is 32.7 Å². The van der Waals surface area contributed by atoms with E-state index in [1.165, 1.54) is 4.88 Å². The highest BCUT2D eigenvalue weighted by Gasteiger charge is 2.29. The number of hydrogen-bond donors (Lipinski definition) is 1. The van der Waals surface area contributed by atoms with E-state index in [4.69, 9.17) is 4.74 Å². The average molecular weight is 282 g/mol. The molecule has 0 aromatic carbocycles. The van der Waals surface area contributed by atoms with Crippen molar-refractivity contribution in [3.63, 3.8) is 0 Å². The fourth-order valence-corrected chi connectivity index (χ4v) is 3.52. The molecule has 0 amide bonds. The van der Waals surface area contributed by atoms with Crippen molar-refractivity contribution < 1.29 is 4.74 Å². The van der Waals surface area contributed by atoms with Gasteiger partial charge >= 0.3 is 0 Å². The van der Waals surface area contributed by atoms with Gasteiger partial charge in [0.1, 0.15) is 0 Å². The summed E-state index contributed by atoms with van der Waals surface area (Å²) < 4.78 is 5.62. The highest BCUT2D eigenvalue weighted by atomic mass is 32.1. The first-order valence-corrected chi connectivity index (χ1v) is 8.12. The van der Waals surface area contributed by atoms with Gasteiger partial charge in [0.15, 0.2) is 0 Å². The van der Waals surface area contributed by atoms with Crippen LogP contribution in [0.25, 0.3) is 0 Å². The highest BCUT2D eigenvalue weighted by molar-refractivity contribution is 7.09. The normalized spacial score (nSPS) is 25.1. The van der Waals surface area contributed by atoms with Gasteiger partial charge in [-0.3, -0.25) is 0 Å². The van der Waals surface area contributed by atoms with E-state index in [9.17, 15) is 0 Å². The Bertz CT molecular complexity index is 355. The third kappa shape index (κ3) is 4.28. The van der Waals surface area contributed by atoms with Crippen LogP contribution in [0.4, 0.5) is 0 Å². The Hall–Kier alpha value is -0.420. The van der Waals surface area contributed by atoms with Gasteiger partial charge in [-0.2, -0.15) is 0 Å². The molecule has 108 valence electrons. The van der Waals surface area contributed by atoms with E-state index >= 15 is 0 Å². The summed E-state index contributed by atoms with van der Waals surface area (Å²) in [5.41, 5.74) is 0. The van der Waals surface area contributed by atoms with Crippen LogP contribution in [0.2, 0.25) is 0 Å². The van der Waals surface area contributed by atoms with Crippen molar-refractivity contribution in [1.29, 1.82) is 0 Å². The smallest absolute Gasteiger partial charge is 0.0623 e. The average Bonchev–Trinajstić information content (AvgIpc) is 3.02. The van der Waals surface area contributed by atoms with Crippen LogP contribution in [-0.4, -0.2) is 50.3 Å². The van der Waals surface area contributed by atoms with Gasteiger partial charge in [0.25, 0.3) is 0 Å². The summed E-state index contributed by atoms with van der Waals surface area (Å²) >= 11 is 1.86. The number of nitrogens with one attached hydrogen (secondary N) is 1. The minimum Gasteiger partial charge on any atom is -0.379 e. The molecule has 1 aromatic rings. The Kier molecular flexibility index (Phi) is 5.82. The van der Waals surface area contributed by atoms with Crippen molar-refractivity contribution in [3.05, 3.63) is 22.4 Å². The summed E-state index contributed by atoms with van der Waals surface area (Å²) in [6.45, 7) is 8.39. The Labute approximate surface area is 121 Å². The predicted octanol–water partition coefficient (Wildman–Crippen LogP) is 2.24. The lowest BCUT2D eigenvalue weighted by Gasteiger charge is -2.29. The monoisotopic (exact) mass is 282 g/mol. The van der Waals surface area contributed by atoms with E-state index in [1.54, 1.807) is 0 Å². The first kappa shape index (κ1) is 15.0. The second-order valence-corrected chi connectivity index (χ2v) is 6.57. The molecule has 19 heavy (non-hydrogen) atoms. The van der Waals surface area contributed by atoms with Crippen LogP contribution >= 0.6 is 11.3 Å². The van der Waals surface area contributed by atoms with Gasteiger partial charge in [-0.1, -0.05) is 13.0 Å². The summed E-state index contributed by atoms with van der Waals surface area (Å²) in [6, 6.07) is 5.48. The summed E-state index contributed by atoms with van der Waals surface area (Å²) in [7, 11) is 2.24. The zero-order valence-electron chi connectivity index (χ0n) is 12.3. The van der Waals surface area contributed by atoms with Gasteiger partial charge in [-0.25, -0.2) is 0 Å². The topological polar surface area (TPSA) is 24.5 Å². The maximum atomic E-state index is 5.62. The van der Waals surface area contributed by atoms with E-state index in [1.807, 2.05) is 11.3 Å². The number of ether oxygens (including phenoxy) is 1. The van der Waals surface area contributed by atoms with Crippen molar-refractivity contribution in [2.75, 3.05) is 33.4 Å². The van der Waals surface area contributed by atoms with Gasteiger partial charge in [0, 0.05) is 29.4 Å². The quantitative estimate of drug-likeness (QED) is 0.830. The number of rotatable bonds is 7. The van der Waals surface area contributed by atoms with E-state index < -0.39 is 0 Å². The van der Waals surface area contributed by atoms with Crippen LogP contribution in [0.3, 0.4) is 0 Å². The van der Waals surface area contributed by atoms with E-state index in [-0.39, 0.29) is 0 Å². The van der Waals surface area contributed by atoms with Gasteiger partial charge in [0.2, 0.25) is 0 Å². The Morgan fingerprint density at radius 1 is 1.53 bits per heavy atom. The maximum absolute atomic E-state index is 5.62. The third-order valence-corrected chi connectivity index (χ3v) is 4.92. The second kappa shape index (κ2) is 7.39. The van der Waals surface area contributed by atoms with E-state index in [2.05, 4.69) is 48.6 Å². The zero-order valence-corrected chi connectivity index (χ0v) is 13.1. The van der Waals surface area contributed by atoms with Gasteiger partial charge < -0.3 is 15.0 Å². The van der Waals surface area contributed by atoms with Crippen LogP contribution in [0.1, 0.15) is 18.7 Å². The first-order valence-electron chi connectivity index (χ1n) is 7.24. The molecule has 0 saturated carbocycles. The number of nitrogens with zero attached hydrogens (tertiary/aromatic N) is 1. The third-order valence-electron chi connectivity index (χ3n) is 4.02. The van der Waals surface area contributed by atoms with Crippen molar-refractivity contribution in [3.8, 4) is 0 Å². The summed E-state index contributed by atoms with van der Waals surface area (Å²) in [4.78, 5) is 3.95. The molecule has 3 unspecified atom stereocenters. The standard InChI is InChI=1S/C15H26N2OS/c1-4-16-15-11-18-10-13(15)9-17(3)12(2)8-14-6-5-7-19-14/h5-7,12-13,15-16H,4,8-11H2,1-3H3. The molecule has 3 atom stereocenters. The van der Waals surface area contributed by atoms with E-state index in [0.29, 0.717) is 18.0 Å². The molecular weight excluding hydrogens is 256 g/mol. The molecule has 0 radical (unpaired) electrons. The van der Waals surface area contributed by atoms with Crippen LogP contribution < -0.4 is 5.32 Å². The molecule has 4 heteroatoms. The summed E-state index contributed by atoms with van der Waals surface area (Å²) in [5, 5.41) is 5.70. The molecule has 1 N–H and O–H groups in total. The molecule has 1 saturated heterocycles. The predicted molar refractivity (Wildman–Crippen MR) is 81.9 cm³/mol. The molecule has 1 aliphatic heterocycles. The minimum absolute atomic E-state index is 0.529. The van der Waals surface area contributed by atoms with Crippen LogP contribution in [0.5, 0.6) is 0 Å². The molecule has 1 aromatic heterocycles. The fraction of sp³-hybridized carbons (Fsp3) is 0.733. The largest absolute Gasteiger partial charge is 0.379 e. The summed E-state index contributed by atoms with van der Waals surface area (Å²) in [5.74, 6) is 0.621. The van der Waals surface area contributed by atoms with Crippen LogP contribution in [-0.2, 0) is 11.2 Å². The van der Waals surface area contributed by atoms with Crippen LogP contribution in [0.15, 0.2) is 17.5 Å². The van der Waals surface area contributed by atoms with Crippen LogP contribution in [0, 0.1) is 5.92 Å². The van der Waals surface area contributed by atoms with Crippen molar-refractivity contribution >= 4 is 11.3 Å². The van der Waals surface area contributed by atoms with Crippen molar-refractivity contribution in [2.24, 2.45) is 5.92 Å². The number of thiophene rings is 1. The number of hydrogen-bond acceptors (Lipinski definition) is 4. The van der Waals surface area contributed by atoms with Gasteiger partial charge in [-0.05, 0) is 38.4 Å². The lowest BCUT2D eigenvalue weighted by atomic mass is 10.0. The lowest BCUT2D eigenvalue weighted by Crippen LogP contribution is -2.43. The molecule has 0 spiro atoms. The Morgan fingerprint density at radius 3 is 3.05 bits per heavy atom. The minimum atomic E-state index is 0.529. The highest BCUT2D eigenvalue weighted by Crippen LogP contribution is 2.18. The first-order chi connectivity index (χ1) is 9.20. The van der Waals surface area contributed by atoms with Gasteiger partial charge in [0.05, 0.1) is 13.2 Å². The Balaban J connectivity index is 1.80. The maximum Gasteiger partial charge on any atom is 0.0623 e. The van der Waals surface area contributed by atoms with Crippen molar-refractivity contribution in [1.82, 2.24) is 10.2 Å². The SMILES string of the molecule is CCNC1COCC1CN(C)C(C)Cc1cccs1. The second-order valence-electron chi connectivity index (χ2n) is 5.53. The fourth-order valence-electron chi connectivity index (χ4n) is 2.69. The zero-order chi connectivity index (χ0) is 13.7. The molecule has 2 rings (SSSR count).